The van der Waals surface area contributed by atoms with Gasteiger partial charge in [-0.25, -0.2) is 0 Å². The predicted octanol–water partition coefficient (Wildman–Crippen LogP) is 3.10. The van der Waals surface area contributed by atoms with E-state index < -0.39 is 0 Å². The van der Waals surface area contributed by atoms with Crippen LogP contribution in [0.4, 0.5) is 0 Å². The molecule has 0 saturated carbocycles. The summed E-state index contributed by atoms with van der Waals surface area (Å²) in [4.78, 5) is 0. The highest BCUT2D eigenvalue weighted by Gasteiger charge is 2.17. The van der Waals surface area contributed by atoms with Crippen molar-refractivity contribution in [3.8, 4) is 0 Å². The molecule has 0 aromatic carbocycles. The van der Waals surface area contributed by atoms with Gasteiger partial charge in [-0.15, -0.1) is 0 Å². The monoisotopic (exact) mass is 233 g/mol. The van der Waals surface area contributed by atoms with Gasteiger partial charge in [-0.05, 0) is 45.6 Å². The Labute approximate surface area is 104 Å². The number of nitrogens with zero attached hydrogens (tertiary/aromatic N) is 2. The van der Waals surface area contributed by atoms with Gasteiger partial charge in [0.1, 0.15) is 0 Å². The van der Waals surface area contributed by atoms with E-state index in [1.54, 1.807) is 0 Å². The maximum absolute atomic E-state index is 6.40. The number of hydrogen-bond acceptors (Lipinski definition) is 2. The molecule has 1 unspecified atom stereocenters. The topological polar surface area (TPSA) is 43.8 Å². The summed E-state index contributed by atoms with van der Waals surface area (Å²) in [5, 5.41) is 4.48. The summed E-state index contributed by atoms with van der Waals surface area (Å²) in [5.41, 5.74) is 10.0. The zero-order valence-electron chi connectivity index (χ0n) is 10.9. The number of nitrogens with two attached hydrogens (primary N) is 1. The lowest BCUT2D eigenvalue weighted by molar-refractivity contribution is 0.584. The predicted molar refractivity (Wildman–Crippen MR) is 70.7 cm³/mol. The molecule has 2 rings (SSSR count). The van der Waals surface area contributed by atoms with Crippen molar-refractivity contribution in [2.24, 2.45) is 5.73 Å². The van der Waals surface area contributed by atoms with Gasteiger partial charge in [0.05, 0.1) is 17.4 Å². The molecule has 2 N–H and O–H groups in total. The summed E-state index contributed by atoms with van der Waals surface area (Å²) in [7, 11) is 0. The Morgan fingerprint density at radius 2 is 2.24 bits per heavy atom. The van der Waals surface area contributed by atoms with E-state index in [-0.39, 0.29) is 6.04 Å². The van der Waals surface area contributed by atoms with E-state index >= 15 is 0 Å². The number of rotatable bonds is 3. The Bertz CT molecular complexity index is 404. The molecule has 1 aliphatic carbocycles. The molecule has 17 heavy (non-hydrogen) atoms. The number of aryl methyl sites for hydroxylation is 2. The van der Waals surface area contributed by atoms with Crippen molar-refractivity contribution in [3.63, 3.8) is 0 Å². The van der Waals surface area contributed by atoms with Gasteiger partial charge in [-0.2, -0.15) is 5.10 Å². The Hall–Kier alpha value is -1.09. The van der Waals surface area contributed by atoms with E-state index in [4.69, 9.17) is 5.73 Å². The fourth-order valence-electron chi connectivity index (χ4n) is 2.58. The normalized spacial score (nSPS) is 18.6. The second-order valence-electron chi connectivity index (χ2n) is 4.88. The second-order valence-corrected chi connectivity index (χ2v) is 4.88. The average Bonchev–Trinajstić information content (AvgIpc) is 2.55. The van der Waals surface area contributed by atoms with Gasteiger partial charge in [0.15, 0.2) is 0 Å². The van der Waals surface area contributed by atoms with Crippen molar-refractivity contribution in [3.05, 3.63) is 29.1 Å². The van der Waals surface area contributed by atoms with Crippen LogP contribution >= 0.6 is 0 Å². The molecule has 3 nitrogen and oxygen atoms in total. The summed E-state index contributed by atoms with van der Waals surface area (Å²) < 4.78 is 2.03. The Balaban J connectivity index is 2.22. The minimum Gasteiger partial charge on any atom is -0.319 e. The molecule has 1 aromatic heterocycles. The van der Waals surface area contributed by atoms with Gasteiger partial charge >= 0.3 is 0 Å². The van der Waals surface area contributed by atoms with Gasteiger partial charge in [0.2, 0.25) is 0 Å². The summed E-state index contributed by atoms with van der Waals surface area (Å²) >= 11 is 0. The highest BCUT2D eigenvalue weighted by Crippen LogP contribution is 2.27. The highest BCUT2D eigenvalue weighted by atomic mass is 15.3. The van der Waals surface area contributed by atoms with Gasteiger partial charge in [-0.3, -0.25) is 4.68 Å². The molecule has 0 saturated heterocycles. The first-order valence-electron chi connectivity index (χ1n) is 6.71. The first-order valence-corrected chi connectivity index (χ1v) is 6.71. The van der Waals surface area contributed by atoms with Crippen LogP contribution in [0.25, 0.3) is 0 Å². The second kappa shape index (κ2) is 5.50. The molecular formula is C14H23N3. The van der Waals surface area contributed by atoms with Crippen molar-refractivity contribution in [1.82, 2.24) is 9.78 Å². The molecule has 1 aromatic rings. The lowest BCUT2D eigenvalue weighted by Crippen LogP contribution is -2.18. The van der Waals surface area contributed by atoms with Crippen LogP contribution in [0.2, 0.25) is 0 Å². The molecule has 94 valence electrons. The third kappa shape index (κ3) is 2.78. The van der Waals surface area contributed by atoms with Gasteiger partial charge in [-0.1, -0.05) is 18.1 Å². The van der Waals surface area contributed by atoms with Crippen LogP contribution in [0.15, 0.2) is 17.7 Å². The maximum atomic E-state index is 6.40. The van der Waals surface area contributed by atoms with E-state index in [0.29, 0.717) is 0 Å². The average molecular weight is 233 g/mol. The smallest absolute Gasteiger partial charge is 0.0682 e. The standard InChI is InChI=1S/C14H23N3/c1-3-17-13(10-11(2)16-17)14(15)12-8-6-4-5-7-9-12/h8,10,14H,3-7,9,15H2,1-2H3. The molecule has 1 heterocycles. The quantitative estimate of drug-likeness (QED) is 0.815. The molecule has 1 atom stereocenters. The van der Waals surface area contributed by atoms with Gasteiger partial charge in [0, 0.05) is 6.54 Å². The molecular weight excluding hydrogens is 210 g/mol. The Morgan fingerprint density at radius 3 is 3.00 bits per heavy atom. The minimum absolute atomic E-state index is 0.0363. The first-order chi connectivity index (χ1) is 8.22. The van der Waals surface area contributed by atoms with Gasteiger partial charge in [0.25, 0.3) is 0 Å². The largest absolute Gasteiger partial charge is 0.319 e. The first kappa shape index (κ1) is 12.4. The molecule has 0 spiro atoms. The van der Waals surface area contributed by atoms with Crippen molar-refractivity contribution >= 4 is 0 Å². The fourth-order valence-corrected chi connectivity index (χ4v) is 2.58. The lowest BCUT2D eigenvalue weighted by atomic mass is 10.00. The van der Waals surface area contributed by atoms with Crippen LogP contribution in [-0.4, -0.2) is 9.78 Å². The highest BCUT2D eigenvalue weighted by molar-refractivity contribution is 5.24. The van der Waals surface area contributed by atoms with Crippen molar-refractivity contribution in [1.29, 1.82) is 0 Å². The lowest BCUT2D eigenvalue weighted by Gasteiger charge is -2.16. The van der Waals surface area contributed by atoms with Crippen molar-refractivity contribution in [2.75, 3.05) is 0 Å². The van der Waals surface area contributed by atoms with Crippen LogP contribution in [-0.2, 0) is 6.54 Å². The van der Waals surface area contributed by atoms with E-state index in [9.17, 15) is 0 Å². The molecule has 0 aliphatic heterocycles. The van der Waals surface area contributed by atoms with Crippen molar-refractivity contribution < 1.29 is 0 Å². The third-order valence-corrected chi connectivity index (χ3v) is 3.53. The molecule has 0 radical (unpaired) electrons. The minimum atomic E-state index is 0.0363. The Morgan fingerprint density at radius 1 is 1.41 bits per heavy atom. The van der Waals surface area contributed by atoms with Crippen LogP contribution in [0, 0.1) is 6.92 Å². The van der Waals surface area contributed by atoms with Crippen molar-refractivity contribution in [2.45, 2.75) is 58.5 Å². The van der Waals surface area contributed by atoms with Crippen LogP contribution in [0.3, 0.4) is 0 Å². The van der Waals surface area contributed by atoms with Crippen LogP contribution < -0.4 is 5.73 Å². The van der Waals surface area contributed by atoms with E-state index in [2.05, 4.69) is 24.2 Å². The molecule has 0 bridgehead atoms. The maximum Gasteiger partial charge on any atom is 0.0682 e. The van der Waals surface area contributed by atoms with E-state index in [1.807, 2.05) is 11.6 Å². The van der Waals surface area contributed by atoms with Crippen LogP contribution in [0.5, 0.6) is 0 Å². The number of aromatic nitrogens is 2. The van der Waals surface area contributed by atoms with E-state index in [0.717, 1.165) is 24.4 Å². The zero-order valence-corrected chi connectivity index (χ0v) is 10.9. The fraction of sp³-hybridized carbons (Fsp3) is 0.643. The van der Waals surface area contributed by atoms with Crippen LogP contribution in [0.1, 0.15) is 56.5 Å². The summed E-state index contributed by atoms with van der Waals surface area (Å²) in [5.74, 6) is 0. The summed E-state index contributed by atoms with van der Waals surface area (Å²) in [6, 6.07) is 2.16. The third-order valence-electron chi connectivity index (χ3n) is 3.53. The molecule has 1 aliphatic rings. The molecule has 0 fully saturated rings. The molecule has 0 amide bonds. The summed E-state index contributed by atoms with van der Waals surface area (Å²) in [6.45, 7) is 5.04. The SMILES string of the molecule is CCn1nc(C)cc1C(N)C1=CCCCCC1. The van der Waals surface area contributed by atoms with E-state index in [1.165, 1.54) is 31.3 Å². The number of hydrogen-bond donors (Lipinski definition) is 1. The zero-order chi connectivity index (χ0) is 12.3. The molecule has 3 heteroatoms. The number of allylic oxidation sites excluding steroid dienone is 1. The Kier molecular flexibility index (Phi) is 4.00. The summed E-state index contributed by atoms with van der Waals surface area (Å²) in [6.07, 6.45) is 8.59. The van der Waals surface area contributed by atoms with Gasteiger partial charge < -0.3 is 5.73 Å².